The van der Waals surface area contributed by atoms with Crippen LogP contribution < -0.4 is 4.74 Å². The van der Waals surface area contributed by atoms with Crippen LogP contribution in [0.5, 0.6) is 5.75 Å². The van der Waals surface area contributed by atoms with E-state index < -0.39 is 0 Å². The van der Waals surface area contributed by atoms with Crippen LogP contribution in [0.15, 0.2) is 24.3 Å². The second-order valence-electron chi connectivity index (χ2n) is 6.37. The fourth-order valence-corrected chi connectivity index (χ4v) is 2.79. The summed E-state index contributed by atoms with van der Waals surface area (Å²) >= 11 is 0. The third kappa shape index (κ3) is 10.4. The van der Waals surface area contributed by atoms with Crippen LogP contribution in [0.4, 0.5) is 0 Å². The van der Waals surface area contributed by atoms with Gasteiger partial charge in [-0.15, -0.1) is 0 Å². The van der Waals surface area contributed by atoms with Crippen molar-refractivity contribution in [3.8, 4) is 5.75 Å². The molecule has 23 heavy (non-hydrogen) atoms. The van der Waals surface area contributed by atoms with Gasteiger partial charge in [-0.1, -0.05) is 63.1 Å². The Morgan fingerprint density at radius 2 is 1.52 bits per heavy atom. The van der Waals surface area contributed by atoms with Crippen LogP contribution in [0.3, 0.4) is 0 Å². The van der Waals surface area contributed by atoms with Crippen molar-refractivity contribution in [3.63, 3.8) is 0 Å². The number of aliphatic hydroxyl groups is 1. The lowest BCUT2D eigenvalue weighted by molar-refractivity contribution is 0.0504. The Labute approximate surface area is 142 Å². The van der Waals surface area contributed by atoms with Crippen molar-refractivity contribution in [1.82, 2.24) is 0 Å². The summed E-state index contributed by atoms with van der Waals surface area (Å²) in [6.07, 6.45) is 12.1. The van der Waals surface area contributed by atoms with Crippen molar-refractivity contribution >= 4 is 0 Å². The molecule has 3 heteroatoms. The minimum Gasteiger partial charge on any atom is -0.467 e. The molecule has 1 N–H and O–H groups in total. The quantitative estimate of drug-likeness (QED) is 0.382. The van der Waals surface area contributed by atoms with E-state index in [0.717, 1.165) is 25.0 Å². The number of para-hydroxylation sites is 1. The van der Waals surface area contributed by atoms with Crippen LogP contribution in [-0.4, -0.2) is 25.1 Å². The summed E-state index contributed by atoms with van der Waals surface area (Å²) in [4.78, 5) is 0. The molecule has 0 aromatic heterocycles. The van der Waals surface area contributed by atoms with Crippen molar-refractivity contribution in [2.75, 3.05) is 13.9 Å². The number of rotatable bonds is 14. The molecule has 0 amide bonds. The fourth-order valence-electron chi connectivity index (χ4n) is 2.79. The first-order valence-electron chi connectivity index (χ1n) is 9.11. The second-order valence-corrected chi connectivity index (χ2v) is 6.37. The van der Waals surface area contributed by atoms with Crippen molar-refractivity contribution in [3.05, 3.63) is 29.8 Å². The molecule has 0 spiro atoms. The van der Waals surface area contributed by atoms with E-state index >= 15 is 0 Å². The van der Waals surface area contributed by atoms with Gasteiger partial charge in [0.15, 0.2) is 6.79 Å². The Morgan fingerprint density at radius 1 is 0.913 bits per heavy atom. The Balaban J connectivity index is 2.03. The molecule has 0 bridgehead atoms. The summed E-state index contributed by atoms with van der Waals surface area (Å²) in [6, 6.07) is 8.24. The zero-order chi connectivity index (χ0) is 16.8. The summed E-state index contributed by atoms with van der Waals surface area (Å²) in [7, 11) is 1.65. The van der Waals surface area contributed by atoms with E-state index in [2.05, 4.69) is 12.1 Å². The summed E-state index contributed by atoms with van der Waals surface area (Å²) < 4.78 is 10.6. The van der Waals surface area contributed by atoms with Gasteiger partial charge in [0.25, 0.3) is 0 Å². The number of aliphatic hydroxyl groups excluding tert-OH is 1. The molecule has 132 valence electrons. The molecule has 0 saturated heterocycles. The summed E-state index contributed by atoms with van der Waals surface area (Å²) in [6.45, 7) is 2.19. The SMILES string of the molecule is COCOc1ccccc1CCCCCCCCCCC(C)O. The number of hydrogen-bond acceptors (Lipinski definition) is 3. The molecule has 0 aliphatic carbocycles. The third-order valence-electron chi connectivity index (χ3n) is 4.12. The van der Waals surface area contributed by atoms with Gasteiger partial charge >= 0.3 is 0 Å². The van der Waals surface area contributed by atoms with E-state index in [4.69, 9.17) is 9.47 Å². The monoisotopic (exact) mass is 322 g/mol. The molecule has 1 aromatic rings. The first-order chi connectivity index (χ1) is 11.2. The van der Waals surface area contributed by atoms with Crippen molar-refractivity contribution in [2.24, 2.45) is 0 Å². The summed E-state index contributed by atoms with van der Waals surface area (Å²) in [5.74, 6) is 0.951. The van der Waals surface area contributed by atoms with Gasteiger partial charge in [-0.3, -0.25) is 0 Å². The smallest absolute Gasteiger partial charge is 0.188 e. The highest BCUT2D eigenvalue weighted by Crippen LogP contribution is 2.21. The van der Waals surface area contributed by atoms with Crippen LogP contribution in [0.1, 0.15) is 70.3 Å². The van der Waals surface area contributed by atoms with Gasteiger partial charge in [-0.25, -0.2) is 0 Å². The number of methoxy groups -OCH3 is 1. The molecule has 1 rings (SSSR count). The average Bonchev–Trinajstić information content (AvgIpc) is 2.55. The van der Waals surface area contributed by atoms with Gasteiger partial charge in [0.1, 0.15) is 5.75 Å². The highest BCUT2D eigenvalue weighted by atomic mass is 16.7. The number of hydrogen-bond donors (Lipinski definition) is 1. The third-order valence-corrected chi connectivity index (χ3v) is 4.12. The largest absolute Gasteiger partial charge is 0.467 e. The van der Waals surface area contributed by atoms with Crippen LogP contribution in [0.2, 0.25) is 0 Å². The molecule has 0 radical (unpaired) electrons. The second kappa shape index (κ2) is 13.4. The van der Waals surface area contributed by atoms with Crippen molar-refractivity contribution in [2.45, 2.75) is 77.2 Å². The van der Waals surface area contributed by atoms with Gasteiger partial charge in [0.05, 0.1) is 6.10 Å². The van der Waals surface area contributed by atoms with E-state index in [-0.39, 0.29) is 6.10 Å². The molecular formula is C20H34O3. The molecule has 0 fully saturated rings. The molecule has 1 aromatic carbocycles. The van der Waals surface area contributed by atoms with Crippen LogP contribution in [-0.2, 0) is 11.2 Å². The first-order valence-corrected chi connectivity index (χ1v) is 9.11. The highest BCUT2D eigenvalue weighted by molar-refractivity contribution is 5.33. The Hall–Kier alpha value is -1.06. The van der Waals surface area contributed by atoms with E-state index in [1.165, 1.54) is 50.5 Å². The molecule has 3 nitrogen and oxygen atoms in total. The van der Waals surface area contributed by atoms with E-state index in [1.807, 2.05) is 19.1 Å². The molecule has 1 atom stereocenters. The lowest BCUT2D eigenvalue weighted by Crippen LogP contribution is -2.01. The summed E-state index contributed by atoms with van der Waals surface area (Å²) in [5.41, 5.74) is 1.28. The van der Waals surface area contributed by atoms with E-state index in [0.29, 0.717) is 6.79 Å². The standard InChI is InChI=1S/C20H34O3/c1-18(21)13-9-7-5-3-4-6-8-10-14-19-15-11-12-16-20(19)23-17-22-2/h11-12,15-16,18,21H,3-10,13-14,17H2,1-2H3. The average molecular weight is 322 g/mol. The maximum atomic E-state index is 9.20. The predicted molar refractivity (Wildman–Crippen MR) is 95.9 cm³/mol. The zero-order valence-electron chi connectivity index (χ0n) is 14.9. The topological polar surface area (TPSA) is 38.7 Å². The Bertz CT molecular complexity index is 390. The number of aryl methyl sites for hydroxylation is 1. The van der Waals surface area contributed by atoms with Gasteiger partial charge in [0, 0.05) is 7.11 Å². The number of unbranched alkanes of at least 4 members (excludes halogenated alkanes) is 7. The van der Waals surface area contributed by atoms with Crippen LogP contribution >= 0.6 is 0 Å². The van der Waals surface area contributed by atoms with Gasteiger partial charge < -0.3 is 14.6 Å². The minimum absolute atomic E-state index is 0.134. The highest BCUT2D eigenvalue weighted by Gasteiger charge is 2.02. The van der Waals surface area contributed by atoms with Gasteiger partial charge in [0.2, 0.25) is 0 Å². The minimum atomic E-state index is -0.134. The van der Waals surface area contributed by atoms with Crippen LogP contribution in [0.25, 0.3) is 0 Å². The van der Waals surface area contributed by atoms with Crippen molar-refractivity contribution in [1.29, 1.82) is 0 Å². The molecule has 0 heterocycles. The zero-order valence-corrected chi connectivity index (χ0v) is 14.9. The lowest BCUT2D eigenvalue weighted by Gasteiger charge is -2.10. The van der Waals surface area contributed by atoms with Gasteiger partial charge in [-0.2, -0.15) is 0 Å². The van der Waals surface area contributed by atoms with E-state index in [1.54, 1.807) is 7.11 Å². The molecule has 0 aliphatic heterocycles. The predicted octanol–water partition coefficient (Wildman–Crippen LogP) is 5.10. The molecule has 0 saturated carbocycles. The number of ether oxygens (including phenoxy) is 2. The Kier molecular flexibility index (Phi) is 11.6. The fraction of sp³-hybridized carbons (Fsp3) is 0.700. The first kappa shape index (κ1) is 20.0. The summed E-state index contributed by atoms with van der Waals surface area (Å²) in [5, 5.41) is 9.20. The van der Waals surface area contributed by atoms with Crippen LogP contribution in [0, 0.1) is 0 Å². The lowest BCUT2D eigenvalue weighted by atomic mass is 10.0. The number of benzene rings is 1. The molecule has 1 unspecified atom stereocenters. The van der Waals surface area contributed by atoms with E-state index in [9.17, 15) is 5.11 Å². The van der Waals surface area contributed by atoms with Crippen molar-refractivity contribution < 1.29 is 14.6 Å². The van der Waals surface area contributed by atoms with Gasteiger partial charge in [-0.05, 0) is 37.8 Å². The molecular weight excluding hydrogens is 288 g/mol. The normalized spacial score (nSPS) is 12.3. The maximum absolute atomic E-state index is 9.20. The maximum Gasteiger partial charge on any atom is 0.188 e. The molecule has 0 aliphatic rings. The Morgan fingerprint density at radius 3 is 2.17 bits per heavy atom.